The molecule has 0 fully saturated rings. The smallest absolute Gasteiger partial charge is 0.274 e. The lowest BCUT2D eigenvalue weighted by Gasteiger charge is -2.11. The van der Waals surface area contributed by atoms with Crippen LogP contribution < -0.4 is 4.74 Å². The first-order chi connectivity index (χ1) is 8.46. The fraction of sp³-hybridized carbons (Fsp3) is 0.200. The third kappa shape index (κ3) is 2.13. The van der Waals surface area contributed by atoms with Crippen molar-refractivity contribution in [3.63, 3.8) is 0 Å². The lowest BCUT2D eigenvalue weighted by Crippen LogP contribution is -2.12. The van der Waals surface area contributed by atoms with Crippen LogP contribution in [0.1, 0.15) is 5.56 Å². The van der Waals surface area contributed by atoms with Crippen LogP contribution in [0.25, 0.3) is 0 Å². The van der Waals surface area contributed by atoms with Crippen molar-refractivity contribution in [3.8, 4) is 5.75 Å². The van der Waals surface area contributed by atoms with Crippen molar-refractivity contribution < 1.29 is 13.2 Å². The maximum Gasteiger partial charge on any atom is 0.274 e. The molecule has 0 aliphatic carbocycles. The quantitative estimate of drug-likeness (QED) is 0.853. The van der Waals surface area contributed by atoms with Crippen molar-refractivity contribution in [2.45, 2.75) is 11.8 Å². The number of benzene rings is 1. The Balaban J connectivity index is 2.68. The van der Waals surface area contributed by atoms with Crippen molar-refractivity contribution >= 4 is 26.0 Å². The molecule has 6 nitrogen and oxygen atoms in total. The summed E-state index contributed by atoms with van der Waals surface area (Å²) in [5, 5.41) is 6.98. The van der Waals surface area contributed by atoms with E-state index in [2.05, 4.69) is 26.1 Å². The first-order valence-corrected chi connectivity index (χ1v) is 7.14. The Kier molecular flexibility index (Phi) is 3.40. The molecule has 0 atom stereocenters. The number of hydrogen-bond acceptors (Lipinski definition) is 5. The van der Waals surface area contributed by atoms with Gasteiger partial charge in [-0.05, 0) is 24.6 Å². The van der Waals surface area contributed by atoms with E-state index in [0.717, 1.165) is 22.2 Å². The normalized spacial score (nSPS) is 11.5. The lowest BCUT2D eigenvalue weighted by atomic mass is 10.2. The molecule has 0 N–H and O–H groups in total. The fourth-order valence-corrected chi connectivity index (χ4v) is 3.14. The number of aryl methyl sites for hydroxylation is 1. The standard InChI is InChI=1S/C10H10BrN3O3S/c1-7-3-9(17-2)10(4-8(7)11)18(15,16)14-5-12-13-6-14/h3-6H,1-2H3. The lowest BCUT2D eigenvalue weighted by molar-refractivity contribution is 0.402. The molecule has 0 aliphatic heterocycles. The Bertz CT molecular complexity index is 668. The van der Waals surface area contributed by atoms with Gasteiger partial charge in [-0.25, -0.2) is 12.4 Å². The van der Waals surface area contributed by atoms with E-state index in [0.29, 0.717) is 4.47 Å². The van der Waals surface area contributed by atoms with Gasteiger partial charge >= 0.3 is 0 Å². The molecular formula is C10H10BrN3O3S. The van der Waals surface area contributed by atoms with Crippen molar-refractivity contribution in [1.82, 2.24) is 14.2 Å². The number of hydrogen-bond donors (Lipinski definition) is 0. The minimum absolute atomic E-state index is 0.0577. The van der Waals surface area contributed by atoms with Crippen LogP contribution in [0, 0.1) is 6.92 Å². The molecule has 8 heteroatoms. The van der Waals surface area contributed by atoms with Crippen molar-refractivity contribution in [1.29, 1.82) is 0 Å². The largest absolute Gasteiger partial charge is 0.495 e. The van der Waals surface area contributed by atoms with Gasteiger partial charge in [0.15, 0.2) is 0 Å². The van der Waals surface area contributed by atoms with E-state index in [4.69, 9.17) is 4.74 Å². The van der Waals surface area contributed by atoms with Gasteiger partial charge in [-0.15, -0.1) is 10.2 Å². The molecule has 0 saturated heterocycles. The Morgan fingerprint density at radius 3 is 2.44 bits per heavy atom. The molecule has 0 spiro atoms. The van der Waals surface area contributed by atoms with E-state index in [9.17, 15) is 8.42 Å². The molecule has 0 radical (unpaired) electrons. The van der Waals surface area contributed by atoms with Gasteiger partial charge in [-0.1, -0.05) is 15.9 Å². The number of ether oxygens (including phenoxy) is 1. The Morgan fingerprint density at radius 1 is 1.28 bits per heavy atom. The summed E-state index contributed by atoms with van der Waals surface area (Å²) in [5.41, 5.74) is 0.884. The number of rotatable bonds is 3. The summed E-state index contributed by atoms with van der Waals surface area (Å²) in [6, 6.07) is 3.16. The molecule has 1 aromatic heterocycles. The predicted octanol–water partition coefficient (Wildman–Crippen LogP) is 1.59. The summed E-state index contributed by atoms with van der Waals surface area (Å²) < 4.78 is 31.4. The van der Waals surface area contributed by atoms with E-state index in [1.54, 1.807) is 6.07 Å². The molecule has 0 unspecified atom stereocenters. The molecule has 0 saturated carbocycles. The highest BCUT2D eigenvalue weighted by atomic mass is 79.9. The van der Waals surface area contributed by atoms with E-state index in [1.165, 1.54) is 13.2 Å². The van der Waals surface area contributed by atoms with Crippen LogP contribution in [0.2, 0.25) is 0 Å². The van der Waals surface area contributed by atoms with Gasteiger partial charge < -0.3 is 4.74 Å². The Morgan fingerprint density at radius 2 is 1.89 bits per heavy atom. The van der Waals surface area contributed by atoms with Crippen LogP contribution in [0.3, 0.4) is 0 Å². The summed E-state index contributed by atoms with van der Waals surface area (Å²) in [4.78, 5) is 0.0577. The molecule has 1 aromatic carbocycles. The van der Waals surface area contributed by atoms with Gasteiger partial charge in [0.05, 0.1) is 7.11 Å². The zero-order chi connectivity index (χ0) is 13.3. The first-order valence-electron chi connectivity index (χ1n) is 4.91. The van der Waals surface area contributed by atoms with E-state index in [-0.39, 0.29) is 10.6 Å². The fourth-order valence-electron chi connectivity index (χ4n) is 1.43. The van der Waals surface area contributed by atoms with Gasteiger partial charge in [0.1, 0.15) is 23.3 Å². The highest BCUT2D eigenvalue weighted by Gasteiger charge is 2.22. The topological polar surface area (TPSA) is 74.1 Å². The van der Waals surface area contributed by atoms with Crippen LogP contribution in [-0.2, 0) is 10.0 Å². The van der Waals surface area contributed by atoms with Gasteiger partial charge in [-0.3, -0.25) is 0 Å². The number of halogens is 1. The molecule has 96 valence electrons. The minimum atomic E-state index is -3.74. The van der Waals surface area contributed by atoms with Crippen LogP contribution in [0.4, 0.5) is 0 Å². The Labute approximate surface area is 113 Å². The number of aromatic nitrogens is 3. The molecular weight excluding hydrogens is 322 g/mol. The Hall–Kier alpha value is -1.41. The minimum Gasteiger partial charge on any atom is -0.495 e. The second kappa shape index (κ2) is 4.69. The first kappa shape index (κ1) is 13.0. The average molecular weight is 332 g/mol. The SMILES string of the molecule is COc1cc(C)c(Br)cc1S(=O)(=O)n1cnnc1. The zero-order valence-electron chi connectivity index (χ0n) is 9.66. The molecule has 2 rings (SSSR count). The summed E-state index contributed by atoms with van der Waals surface area (Å²) in [6.45, 7) is 1.85. The van der Waals surface area contributed by atoms with Crippen LogP contribution in [0.5, 0.6) is 5.75 Å². The van der Waals surface area contributed by atoms with Gasteiger partial charge in [0, 0.05) is 4.47 Å². The molecule has 18 heavy (non-hydrogen) atoms. The van der Waals surface area contributed by atoms with Gasteiger partial charge in [-0.2, -0.15) is 0 Å². The predicted molar refractivity (Wildman–Crippen MR) is 68.0 cm³/mol. The molecule has 0 aliphatic rings. The summed E-state index contributed by atoms with van der Waals surface area (Å²) >= 11 is 3.30. The monoisotopic (exact) mass is 331 g/mol. The molecule has 0 amide bonds. The number of methoxy groups -OCH3 is 1. The van der Waals surface area contributed by atoms with E-state index < -0.39 is 10.0 Å². The maximum absolute atomic E-state index is 12.3. The van der Waals surface area contributed by atoms with E-state index >= 15 is 0 Å². The van der Waals surface area contributed by atoms with E-state index in [1.807, 2.05) is 6.92 Å². The summed E-state index contributed by atoms with van der Waals surface area (Å²) in [5.74, 6) is 0.282. The van der Waals surface area contributed by atoms with Crippen molar-refractivity contribution in [3.05, 3.63) is 34.8 Å². The third-order valence-corrected chi connectivity index (χ3v) is 4.87. The highest BCUT2D eigenvalue weighted by Crippen LogP contribution is 2.31. The van der Waals surface area contributed by atoms with Crippen LogP contribution in [-0.4, -0.2) is 29.7 Å². The van der Waals surface area contributed by atoms with Gasteiger partial charge in [0.25, 0.3) is 10.0 Å². The molecule has 0 bridgehead atoms. The molecule has 2 aromatic rings. The summed E-state index contributed by atoms with van der Waals surface area (Å²) in [6.07, 6.45) is 2.26. The molecule has 1 heterocycles. The second-order valence-electron chi connectivity index (χ2n) is 3.55. The highest BCUT2D eigenvalue weighted by molar-refractivity contribution is 9.10. The average Bonchev–Trinajstić information content (AvgIpc) is 2.86. The van der Waals surface area contributed by atoms with Crippen molar-refractivity contribution in [2.24, 2.45) is 0 Å². The van der Waals surface area contributed by atoms with Crippen molar-refractivity contribution in [2.75, 3.05) is 7.11 Å². The second-order valence-corrected chi connectivity index (χ2v) is 6.22. The third-order valence-electron chi connectivity index (χ3n) is 2.40. The maximum atomic E-state index is 12.3. The van der Waals surface area contributed by atoms with Crippen LogP contribution >= 0.6 is 15.9 Å². The zero-order valence-corrected chi connectivity index (χ0v) is 12.1. The van der Waals surface area contributed by atoms with Crippen LogP contribution in [0.15, 0.2) is 34.2 Å². The summed E-state index contributed by atoms with van der Waals surface area (Å²) in [7, 11) is -2.32. The number of nitrogens with zero attached hydrogens (tertiary/aromatic N) is 3. The van der Waals surface area contributed by atoms with Gasteiger partial charge in [0.2, 0.25) is 0 Å².